The Hall–Kier alpha value is -0.540. The second-order valence-electron chi connectivity index (χ2n) is 5.47. The topological polar surface area (TPSA) is 70.6 Å². The molecule has 0 saturated carbocycles. The van der Waals surface area contributed by atoms with Gasteiger partial charge in [0.15, 0.2) is 15.8 Å². The summed E-state index contributed by atoms with van der Waals surface area (Å²) in [5.74, 6) is 1.12. The Balaban J connectivity index is 0.00000264. The van der Waals surface area contributed by atoms with Gasteiger partial charge in [0.25, 0.3) is 0 Å². The van der Waals surface area contributed by atoms with E-state index in [1.807, 2.05) is 24.3 Å². The molecule has 1 unspecified atom stereocenters. The van der Waals surface area contributed by atoms with Crippen LogP contribution in [0.4, 0.5) is 0 Å². The number of halogens is 2. The maximum Gasteiger partial charge on any atom is 0.191 e. The van der Waals surface area contributed by atoms with Crippen LogP contribution in [0.2, 0.25) is 5.02 Å². The molecular weight excluding hydrogens is 449 g/mol. The third-order valence-corrected chi connectivity index (χ3v) is 5.66. The first-order chi connectivity index (χ1) is 10.5. The van der Waals surface area contributed by atoms with E-state index in [1.54, 1.807) is 7.05 Å². The summed E-state index contributed by atoms with van der Waals surface area (Å²) in [5.41, 5.74) is 1.25. The number of nitrogens with one attached hydrogen (secondary N) is 2. The molecule has 1 fully saturated rings. The fourth-order valence-electron chi connectivity index (χ4n) is 2.45. The molecule has 1 aromatic rings. The van der Waals surface area contributed by atoms with Gasteiger partial charge in [-0.1, -0.05) is 23.7 Å². The van der Waals surface area contributed by atoms with Gasteiger partial charge in [-0.3, -0.25) is 4.99 Å². The highest BCUT2D eigenvalue weighted by Crippen LogP contribution is 2.11. The van der Waals surface area contributed by atoms with Crippen molar-refractivity contribution in [2.45, 2.75) is 25.3 Å². The van der Waals surface area contributed by atoms with Crippen LogP contribution in [0.15, 0.2) is 29.3 Å². The largest absolute Gasteiger partial charge is 0.356 e. The lowest BCUT2D eigenvalue weighted by atomic mass is 10.1. The number of nitrogens with zero attached hydrogens (tertiary/aromatic N) is 1. The van der Waals surface area contributed by atoms with E-state index in [9.17, 15) is 8.42 Å². The van der Waals surface area contributed by atoms with Crippen LogP contribution in [0.3, 0.4) is 0 Å². The lowest BCUT2D eigenvalue weighted by Crippen LogP contribution is -2.44. The lowest BCUT2D eigenvalue weighted by molar-refractivity contribution is 0.599. The quantitative estimate of drug-likeness (QED) is 0.299. The lowest BCUT2D eigenvalue weighted by Gasteiger charge is -2.16. The highest BCUT2D eigenvalue weighted by atomic mass is 127. The Morgan fingerprint density at radius 1 is 1.35 bits per heavy atom. The number of guanidine groups is 1. The highest BCUT2D eigenvalue weighted by Gasteiger charge is 2.28. The second-order valence-corrected chi connectivity index (χ2v) is 8.14. The molecule has 1 aromatic carbocycles. The molecule has 2 rings (SSSR count). The van der Waals surface area contributed by atoms with E-state index in [-0.39, 0.29) is 41.5 Å². The first-order valence-electron chi connectivity index (χ1n) is 7.40. The Morgan fingerprint density at radius 3 is 2.61 bits per heavy atom. The Kier molecular flexibility index (Phi) is 8.63. The van der Waals surface area contributed by atoms with Crippen molar-refractivity contribution in [3.63, 3.8) is 0 Å². The van der Waals surface area contributed by atoms with Crippen LogP contribution in [-0.4, -0.2) is 45.5 Å². The predicted molar refractivity (Wildman–Crippen MR) is 107 cm³/mol. The molecule has 1 aliphatic rings. The first-order valence-corrected chi connectivity index (χ1v) is 9.60. The fraction of sp³-hybridized carbons (Fsp3) is 0.533. The van der Waals surface area contributed by atoms with Gasteiger partial charge in [0.2, 0.25) is 0 Å². The summed E-state index contributed by atoms with van der Waals surface area (Å²) in [6, 6.07) is 7.81. The first kappa shape index (κ1) is 20.5. The molecule has 5 nitrogen and oxygen atoms in total. The third-order valence-electron chi connectivity index (χ3n) is 3.64. The molecule has 1 atom stereocenters. The molecule has 0 bridgehead atoms. The van der Waals surface area contributed by atoms with Crippen molar-refractivity contribution in [1.82, 2.24) is 10.6 Å². The molecule has 0 radical (unpaired) electrons. The summed E-state index contributed by atoms with van der Waals surface area (Å²) in [7, 11) is -1.18. The highest BCUT2D eigenvalue weighted by molar-refractivity contribution is 14.0. The van der Waals surface area contributed by atoms with Gasteiger partial charge in [-0.25, -0.2) is 8.42 Å². The van der Waals surface area contributed by atoms with Crippen molar-refractivity contribution in [2.75, 3.05) is 25.1 Å². The van der Waals surface area contributed by atoms with E-state index in [4.69, 9.17) is 11.6 Å². The maximum absolute atomic E-state index is 11.4. The van der Waals surface area contributed by atoms with Crippen LogP contribution in [0, 0.1) is 0 Å². The molecule has 1 aliphatic heterocycles. The third kappa shape index (κ3) is 7.26. The van der Waals surface area contributed by atoms with Crippen LogP contribution in [0.25, 0.3) is 0 Å². The molecule has 130 valence electrons. The monoisotopic (exact) mass is 471 g/mol. The zero-order valence-corrected chi connectivity index (χ0v) is 17.0. The van der Waals surface area contributed by atoms with E-state index >= 15 is 0 Å². The molecule has 2 N–H and O–H groups in total. The summed E-state index contributed by atoms with van der Waals surface area (Å²) in [6.07, 6.45) is 2.57. The van der Waals surface area contributed by atoms with Crippen molar-refractivity contribution in [3.8, 4) is 0 Å². The molecule has 0 amide bonds. The zero-order valence-electron chi connectivity index (χ0n) is 13.1. The van der Waals surface area contributed by atoms with Gasteiger partial charge >= 0.3 is 0 Å². The minimum atomic E-state index is -2.87. The molecular formula is C15H23ClIN3O2S. The smallest absolute Gasteiger partial charge is 0.191 e. The number of sulfone groups is 1. The average Bonchev–Trinajstić information content (AvgIpc) is 2.83. The van der Waals surface area contributed by atoms with Gasteiger partial charge in [-0.15, -0.1) is 24.0 Å². The van der Waals surface area contributed by atoms with Crippen molar-refractivity contribution in [3.05, 3.63) is 34.9 Å². The van der Waals surface area contributed by atoms with Crippen LogP contribution < -0.4 is 10.6 Å². The van der Waals surface area contributed by atoms with Gasteiger partial charge in [0, 0.05) is 24.7 Å². The second kappa shape index (κ2) is 9.68. The average molecular weight is 472 g/mol. The summed E-state index contributed by atoms with van der Waals surface area (Å²) >= 11 is 5.86. The van der Waals surface area contributed by atoms with Gasteiger partial charge in [-0.2, -0.15) is 0 Å². The van der Waals surface area contributed by atoms with E-state index in [0.717, 1.165) is 24.4 Å². The maximum atomic E-state index is 11.4. The summed E-state index contributed by atoms with van der Waals surface area (Å²) < 4.78 is 22.9. The number of aryl methyl sites for hydroxylation is 1. The molecule has 1 saturated heterocycles. The Morgan fingerprint density at radius 2 is 2.04 bits per heavy atom. The van der Waals surface area contributed by atoms with Gasteiger partial charge in [0.05, 0.1) is 11.5 Å². The van der Waals surface area contributed by atoms with Crippen molar-refractivity contribution < 1.29 is 8.42 Å². The van der Waals surface area contributed by atoms with Crippen LogP contribution in [0.1, 0.15) is 18.4 Å². The van der Waals surface area contributed by atoms with Crippen molar-refractivity contribution in [1.29, 1.82) is 0 Å². The Labute approximate surface area is 160 Å². The SMILES string of the molecule is CN=C(NCCCc1ccc(Cl)cc1)NC1CCS(=O)(=O)C1.I. The van der Waals surface area contributed by atoms with Crippen LogP contribution >= 0.6 is 35.6 Å². The number of hydrogen-bond acceptors (Lipinski definition) is 3. The number of aliphatic imine (C=N–C) groups is 1. The molecule has 8 heteroatoms. The number of hydrogen-bond donors (Lipinski definition) is 2. The Bertz CT molecular complexity index is 620. The molecule has 0 aromatic heterocycles. The van der Waals surface area contributed by atoms with Crippen LogP contribution in [-0.2, 0) is 16.3 Å². The summed E-state index contributed by atoms with van der Waals surface area (Å²) in [5, 5.41) is 7.14. The standard InChI is InChI=1S/C15H22ClN3O2S.HI/c1-17-15(19-14-8-10-22(20,21)11-14)18-9-2-3-12-4-6-13(16)7-5-12;/h4-7,14H,2-3,8-11H2,1H3,(H2,17,18,19);1H. The number of benzene rings is 1. The normalized spacial score (nSPS) is 19.9. The minimum absolute atomic E-state index is 0. The summed E-state index contributed by atoms with van der Waals surface area (Å²) in [4.78, 5) is 4.14. The molecule has 0 aliphatic carbocycles. The fourth-order valence-corrected chi connectivity index (χ4v) is 4.25. The van der Waals surface area contributed by atoms with Gasteiger partial charge in [-0.05, 0) is 37.0 Å². The van der Waals surface area contributed by atoms with E-state index < -0.39 is 9.84 Å². The van der Waals surface area contributed by atoms with Crippen LogP contribution in [0.5, 0.6) is 0 Å². The molecule has 23 heavy (non-hydrogen) atoms. The van der Waals surface area contributed by atoms with Crippen molar-refractivity contribution in [2.24, 2.45) is 4.99 Å². The van der Waals surface area contributed by atoms with E-state index in [2.05, 4.69) is 15.6 Å². The minimum Gasteiger partial charge on any atom is -0.356 e. The summed E-state index contributed by atoms with van der Waals surface area (Å²) in [6.45, 7) is 0.780. The number of rotatable bonds is 5. The molecule has 1 heterocycles. The van der Waals surface area contributed by atoms with E-state index in [0.29, 0.717) is 12.4 Å². The van der Waals surface area contributed by atoms with Gasteiger partial charge < -0.3 is 10.6 Å². The van der Waals surface area contributed by atoms with Gasteiger partial charge in [0.1, 0.15) is 0 Å². The zero-order chi connectivity index (χ0) is 16.0. The van der Waals surface area contributed by atoms with Crippen molar-refractivity contribution >= 4 is 51.4 Å². The predicted octanol–water partition coefficient (Wildman–Crippen LogP) is 2.24. The molecule has 0 spiro atoms. The van der Waals surface area contributed by atoms with E-state index in [1.165, 1.54) is 5.56 Å².